The second-order valence-electron chi connectivity index (χ2n) is 4.39. The molecule has 2 nitrogen and oxygen atoms in total. The Balaban J connectivity index is 2.49. The largest absolute Gasteiger partial charge is 0.466 e. The highest BCUT2D eigenvalue weighted by molar-refractivity contribution is 5.35. The van der Waals surface area contributed by atoms with Crippen LogP contribution in [0.5, 0.6) is 0 Å². The van der Waals surface area contributed by atoms with Crippen molar-refractivity contribution < 1.29 is 18.3 Å². The molecule has 0 saturated carbocycles. The fourth-order valence-electron chi connectivity index (χ4n) is 1.96. The summed E-state index contributed by atoms with van der Waals surface area (Å²) >= 11 is 0. The van der Waals surface area contributed by atoms with Crippen LogP contribution in [0.4, 0.5) is 8.78 Å². The highest BCUT2D eigenvalue weighted by atomic mass is 19.1. The molecule has 1 unspecified atom stereocenters. The van der Waals surface area contributed by atoms with Crippen LogP contribution in [-0.2, 0) is 0 Å². The van der Waals surface area contributed by atoms with Crippen molar-refractivity contribution in [3.05, 3.63) is 58.0 Å². The molecule has 0 aliphatic heterocycles. The standard InChI is InChI=1S/C14H14F2O2/c1-7-4-13(16)11(6-12(7)15)14(17)10-5-8(2)18-9(10)3/h4-6,14,17H,1-3H3. The van der Waals surface area contributed by atoms with E-state index >= 15 is 0 Å². The summed E-state index contributed by atoms with van der Waals surface area (Å²) in [4.78, 5) is 0. The third-order valence-corrected chi connectivity index (χ3v) is 2.95. The van der Waals surface area contributed by atoms with Gasteiger partial charge in [-0.3, -0.25) is 0 Å². The van der Waals surface area contributed by atoms with Crippen LogP contribution in [-0.4, -0.2) is 5.11 Å². The van der Waals surface area contributed by atoms with Gasteiger partial charge in [-0.05, 0) is 44.5 Å². The van der Waals surface area contributed by atoms with E-state index in [9.17, 15) is 13.9 Å². The minimum atomic E-state index is -1.22. The number of aliphatic hydroxyl groups excluding tert-OH is 1. The van der Waals surface area contributed by atoms with E-state index in [1.54, 1.807) is 19.9 Å². The first-order valence-corrected chi connectivity index (χ1v) is 5.60. The Hall–Kier alpha value is -1.68. The Morgan fingerprint density at radius 3 is 2.22 bits per heavy atom. The predicted molar refractivity (Wildman–Crippen MR) is 63.3 cm³/mol. The lowest BCUT2D eigenvalue weighted by molar-refractivity contribution is 0.212. The monoisotopic (exact) mass is 252 g/mol. The first-order chi connectivity index (χ1) is 8.40. The van der Waals surface area contributed by atoms with Crippen molar-refractivity contribution in [1.29, 1.82) is 0 Å². The molecule has 0 amide bonds. The molecule has 0 aliphatic rings. The minimum Gasteiger partial charge on any atom is -0.466 e. The fraction of sp³-hybridized carbons (Fsp3) is 0.286. The quantitative estimate of drug-likeness (QED) is 0.886. The Bertz CT molecular complexity index is 588. The Morgan fingerprint density at radius 1 is 1.00 bits per heavy atom. The molecule has 1 N–H and O–H groups in total. The minimum absolute atomic E-state index is 0.0815. The molecule has 0 spiro atoms. The van der Waals surface area contributed by atoms with Crippen LogP contribution in [0.3, 0.4) is 0 Å². The molecule has 96 valence electrons. The van der Waals surface area contributed by atoms with Crippen molar-refractivity contribution in [1.82, 2.24) is 0 Å². The fourth-order valence-corrected chi connectivity index (χ4v) is 1.96. The third kappa shape index (κ3) is 2.16. The lowest BCUT2D eigenvalue weighted by Gasteiger charge is -2.12. The van der Waals surface area contributed by atoms with Gasteiger partial charge >= 0.3 is 0 Å². The first kappa shape index (κ1) is 12.8. The molecule has 1 atom stereocenters. The lowest BCUT2D eigenvalue weighted by Crippen LogP contribution is -2.04. The van der Waals surface area contributed by atoms with E-state index < -0.39 is 17.7 Å². The van der Waals surface area contributed by atoms with Crippen LogP contribution in [0, 0.1) is 32.4 Å². The molecule has 18 heavy (non-hydrogen) atoms. The normalized spacial score (nSPS) is 12.8. The van der Waals surface area contributed by atoms with E-state index in [4.69, 9.17) is 4.42 Å². The van der Waals surface area contributed by atoms with Crippen LogP contribution >= 0.6 is 0 Å². The highest BCUT2D eigenvalue weighted by Crippen LogP contribution is 2.30. The highest BCUT2D eigenvalue weighted by Gasteiger charge is 2.21. The number of benzene rings is 1. The van der Waals surface area contributed by atoms with Gasteiger partial charge in [-0.25, -0.2) is 8.78 Å². The summed E-state index contributed by atoms with van der Waals surface area (Å²) in [5.74, 6) is -0.0436. The van der Waals surface area contributed by atoms with Gasteiger partial charge in [0.25, 0.3) is 0 Å². The Labute approximate surface area is 104 Å². The maximum Gasteiger partial charge on any atom is 0.129 e. The topological polar surface area (TPSA) is 33.4 Å². The maximum absolute atomic E-state index is 13.7. The van der Waals surface area contributed by atoms with Gasteiger partial charge in [-0.15, -0.1) is 0 Å². The average molecular weight is 252 g/mol. The van der Waals surface area contributed by atoms with Crippen molar-refractivity contribution >= 4 is 0 Å². The van der Waals surface area contributed by atoms with Crippen LogP contribution < -0.4 is 0 Å². The SMILES string of the molecule is Cc1cc(C(O)c2cc(F)c(C)cc2F)c(C)o1. The predicted octanol–water partition coefficient (Wildman–Crippen LogP) is 3.56. The molecular weight excluding hydrogens is 238 g/mol. The zero-order valence-electron chi connectivity index (χ0n) is 10.4. The number of aliphatic hydroxyl groups is 1. The number of hydrogen-bond donors (Lipinski definition) is 1. The molecule has 1 heterocycles. The summed E-state index contributed by atoms with van der Waals surface area (Å²) in [6, 6.07) is 3.73. The van der Waals surface area contributed by atoms with Gasteiger partial charge in [0.1, 0.15) is 29.3 Å². The van der Waals surface area contributed by atoms with Gasteiger partial charge < -0.3 is 9.52 Å². The van der Waals surface area contributed by atoms with Crippen LogP contribution in [0.15, 0.2) is 22.6 Å². The van der Waals surface area contributed by atoms with E-state index in [1.807, 2.05) is 0 Å². The lowest BCUT2D eigenvalue weighted by atomic mass is 10.00. The Morgan fingerprint density at radius 2 is 1.67 bits per heavy atom. The molecule has 0 aliphatic carbocycles. The molecule has 4 heteroatoms. The summed E-state index contributed by atoms with van der Waals surface area (Å²) in [5, 5.41) is 10.1. The maximum atomic E-state index is 13.7. The van der Waals surface area contributed by atoms with Gasteiger partial charge in [0.2, 0.25) is 0 Å². The van der Waals surface area contributed by atoms with E-state index in [0.717, 1.165) is 12.1 Å². The van der Waals surface area contributed by atoms with Crippen molar-refractivity contribution in [2.75, 3.05) is 0 Å². The van der Waals surface area contributed by atoms with Crippen LogP contribution in [0.1, 0.15) is 34.3 Å². The summed E-state index contributed by atoms with van der Waals surface area (Å²) < 4.78 is 32.5. The molecule has 1 aromatic carbocycles. The van der Waals surface area contributed by atoms with Crippen molar-refractivity contribution in [2.24, 2.45) is 0 Å². The zero-order valence-corrected chi connectivity index (χ0v) is 10.4. The second-order valence-corrected chi connectivity index (χ2v) is 4.39. The number of aryl methyl sites for hydroxylation is 3. The van der Waals surface area contributed by atoms with Gasteiger partial charge in [-0.2, -0.15) is 0 Å². The van der Waals surface area contributed by atoms with Crippen molar-refractivity contribution in [3.63, 3.8) is 0 Å². The molecule has 1 aromatic heterocycles. The number of furan rings is 1. The van der Waals surface area contributed by atoms with Gasteiger partial charge in [0, 0.05) is 11.1 Å². The van der Waals surface area contributed by atoms with Crippen LogP contribution in [0.2, 0.25) is 0 Å². The third-order valence-electron chi connectivity index (χ3n) is 2.95. The summed E-state index contributed by atoms with van der Waals surface area (Å²) in [6.07, 6.45) is -1.22. The smallest absolute Gasteiger partial charge is 0.129 e. The van der Waals surface area contributed by atoms with Gasteiger partial charge in [0.05, 0.1) is 0 Å². The molecular formula is C14H14F2O2. The van der Waals surface area contributed by atoms with E-state index in [-0.39, 0.29) is 11.1 Å². The van der Waals surface area contributed by atoms with Gasteiger partial charge in [-0.1, -0.05) is 0 Å². The molecule has 0 bridgehead atoms. The number of hydrogen-bond acceptors (Lipinski definition) is 2. The molecule has 0 radical (unpaired) electrons. The molecule has 0 fully saturated rings. The first-order valence-electron chi connectivity index (χ1n) is 5.60. The zero-order chi connectivity index (χ0) is 13.4. The molecule has 0 saturated heterocycles. The van der Waals surface area contributed by atoms with Crippen molar-refractivity contribution in [2.45, 2.75) is 26.9 Å². The molecule has 2 rings (SSSR count). The number of rotatable bonds is 2. The van der Waals surface area contributed by atoms with Gasteiger partial charge in [0.15, 0.2) is 0 Å². The number of halogens is 2. The van der Waals surface area contributed by atoms with Crippen LogP contribution in [0.25, 0.3) is 0 Å². The molecule has 2 aromatic rings. The van der Waals surface area contributed by atoms with E-state index in [2.05, 4.69) is 0 Å². The summed E-state index contributed by atoms with van der Waals surface area (Å²) in [6.45, 7) is 4.88. The Kier molecular flexibility index (Phi) is 3.22. The second kappa shape index (κ2) is 4.53. The van der Waals surface area contributed by atoms with E-state index in [1.165, 1.54) is 6.92 Å². The summed E-state index contributed by atoms with van der Waals surface area (Å²) in [5.41, 5.74) is 0.584. The average Bonchev–Trinajstić information content (AvgIpc) is 2.62. The van der Waals surface area contributed by atoms with E-state index in [0.29, 0.717) is 17.1 Å². The van der Waals surface area contributed by atoms with Crippen molar-refractivity contribution in [3.8, 4) is 0 Å². The summed E-state index contributed by atoms with van der Waals surface area (Å²) in [7, 11) is 0.